The Morgan fingerprint density at radius 2 is 1.82 bits per heavy atom. The van der Waals surface area contributed by atoms with Gasteiger partial charge in [-0.3, -0.25) is 24.6 Å². The summed E-state index contributed by atoms with van der Waals surface area (Å²) in [4.78, 5) is 39.7. The molecule has 2 aromatic rings. The molecule has 1 aliphatic carbocycles. The van der Waals surface area contributed by atoms with Crippen LogP contribution in [0, 0.1) is 22.5 Å². The van der Waals surface area contributed by atoms with Crippen LogP contribution >= 0.6 is 0 Å². The van der Waals surface area contributed by atoms with E-state index in [2.05, 4.69) is 0 Å². The molecule has 7 heteroatoms. The van der Waals surface area contributed by atoms with Crippen LogP contribution < -0.4 is 9.64 Å². The number of nitro groups is 1. The number of hydrogen-bond donors (Lipinski definition) is 0. The van der Waals surface area contributed by atoms with Crippen molar-refractivity contribution in [3.05, 3.63) is 75.0 Å². The van der Waals surface area contributed by atoms with Gasteiger partial charge >= 0.3 is 0 Å². The van der Waals surface area contributed by atoms with E-state index in [1.54, 1.807) is 19.1 Å². The Hall–Kier alpha value is -3.48. The van der Waals surface area contributed by atoms with Crippen LogP contribution in [0.4, 0.5) is 11.4 Å². The highest BCUT2D eigenvalue weighted by Crippen LogP contribution is 2.49. The maximum Gasteiger partial charge on any atom is 0.297 e. The molecule has 33 heavy (non-hydrogen) atoms. The average Bonchev–Trinajstić information content (AvgIpc) is 2.73. The number of hydrogen-bond acceptors (Lipinski definition) is 5. The molecule has 1 amide bonds. The summed E-state index contributed by atoms with van der Waals surface area (Å²) < 4.78 is 5.43. The molecule has 0 N–H and O–H groups in total. The zero-order valence-electron chi connectivity index (χ0n) is 19.4. The first-order valence-corrected chi connectivity index (χ1v) is 11.2. The Morgan fingerprint density at radius 1 is 1.12 bits per heavy atom. The zero-order chi connectivity index (χ0) is 23.9. The summed E-state index contributed by atoms with van der Waals surface area (Å²) in [5, 5.41) is 11.9. The predicted molar refractivity (Wildman–Crippen MR) is 125 cm³/mol. The molecule has 172 valence electrons. The molecule has 0 fully saturated rings. The molecule has 2 aromatic carbocycles. The summed E-state index contributed by atoms with van der Waals surface area (Å²) in [6, 6.07) is 12.4. The second-order valence-electron chi connectivity index (χ2n) is 9.54. The van der Waals surface area contributed by atoms with Crippen LogP contribution in [0.15, 0.2) is 53.7 Å². The van der Waals surface area contributed by atoms with Gasteiger partial charge in [-0.15, -0.1) is 0 Å². The van der Waals surface area contributed by atoms with E-state index in [9.17, 15) is 19.7 Å². The van der Waals surface area contributed by atoms with Gasteiger partial charge in [0.15, 0.2) is 5.78 Å². The second kappa shape index (κ2) is 8.46. The number of ether oxygens (including phenoxy) is 1. The van der Waals surface area contributed by atoms with Crippen molar-refractivity contribution >= 4 is 23.1 Å². The van der Waals surface area contributed by atoms with Crippen LogP contribution in [0.3, 0.4) is 0 Å². The smallest absolute Gasteiger partial charge is 0.297 e. The largest absolute Gasteiger partial charge is 0.494 e. The van der Waals surface area contributed by atoms with Gasteiger partial charge < -0.3 is 4.74 Å². The number of ketones is 1. The minimum Gasteiger partial charge on any atom is -0.494 e. The maximum atomic E-state index is 13.5. The minimum absolute atomic E-state index is 0.00193. The van der Waals surface area contributed by atoms with Gasteiger partial charge in [0.05, 0.1) is 17.6 Å². The molecule has 1 atom stereocenters. The summed E-state index contributed by atoms with van der Waals surface area (Å²) in [5.74, 6) is -0.242. The summed E-state index contributed by atoms with van der Waals surface area (Å²) in [5.41, 5.74) is 2.78. The summed E-state index contributed by atoms with van der Waals surface area (Å²) in [7, 11) is 0. The van der Waals surface area contributed by atoms with Crippen molar-refractivity contribution in [3.8, 4) is 5.75 Å². The van der Waals surface area contributed by atoms with Crippen molar-refractivity contribution in [2.75, 3.05) is 11.5 Å². The van der Waals surface area contributed by atoms with Crippen molar-refractivity contribution in [2.45, 2.75) is 52.9 Å². The fourth-order valence-corrected chi connectivity index (χ4v) is 4.87. The third kappa shape index (κ3) is 4.27. The van der Waals surface area contributed by atoms with Gasteiger partial charge in [0.2, 0.25) is 5.91 Å². The summed E-state index contributed by atoms with van der Waals surface area (Å²) >= 11 is 0. The van der Waals surface area contributed by atoms with Crippen LogP contribution in [0.1, 0.15) is 57.1 Å². The van der Waals surface area contributed by atoms with E-state index in [4.69, 9.17) is 4.74 Å². The molecule has 0 bridgehead atoms. The van der Waals surface area contributed by atoms with Gasteiger partial charge in [-0.1, -0.05) is 43.7 Å². The van der Waals surface area contributed by atoms with Gasteiger partial charge in [0.25, 0.3) is 5.69 Å². The van der Waals surface area contributed by atoms with Gasteiger partial charge in [-0.2, -0.15) is 0 Å². The lowest BCUT2D eigenvalue weighted by atomic mass is 9.69. The second-order valence-corrected chi connectivity index (χ2v) is 9.54. The van der Waals surface area contributed by atoms with Crippen molar-refractivity contribution in [1.29, 1.82) is 0 Å². The SMILES string of the molecule is CCOc1ccc(N2C(=O)CC(c3ccc(C)cc3)C3=C2CC(C)(C)CC3=O)c([N+](=O)[O-])c1. The van der Waals surface area contributed by atoms with E-state index in [-0.39, 0.29) is 40.8 Å². The number of allylic oxidation sites excluding steroid dienone is 2. The topological polar surface area (TPSA) is 89.8 Å². The molecule has 0 aromatic heterocycles. The molecule has 1 heterocycles. The Morgan fingerprint density at radius 3 is 2.45 bits per heavy atom. The minimum atomic E-state index is -0.507. The van der Waals surface area contributed by atoms with Crippen molar-refractivity contribution in [2.24, 2.45) is 5.41 Å². The Labute approximate surface area is 193 Å². The average molecular weight is 449 g/mol. The molecule has 1 unspecified atom stereocenters. The van der Waals surface area contributed by atoms with Gasteiger partial charge in [-0.25, -0.2) is 0 Å². The molecule has 0 spiro atoms. The highest BCUT2D eigenvalue weighted by Gasteiger charge is 2.45. The number of carbonyl (C=O) groups excluding carboxylic acids is 2. The number of nitro benzene ring substituents is 1. The van der Waals surface area contributed by atoms with E-state index in [0.29, 0.717) is 36.5 Å². The van der Waals surface area contributed by atoms with E-state index in [1.807, 2.05) is 45.0 Å². The summed E-state index contributed by atoms with van der Waals surface area (Å²) in [6.07, 6.45) is 0.937. The molecule has 7 nitrogen and oxygen atoms in total. The number of rotatable bonds is 5. The number of nitrogens with zero attached hydrogens (tertiary/aromatic N) is 2. The molecular weight excluding hydrogens is 420 g/mol. The van der Waals surface area contributed by atoms with E-state index in [1.165, 1.54) is 11.0 Å². The van der Waals surface area contributed by atoms with Crippen molar-refractivity contribution < 1.29 is 19.2 Å². The quantitative estimate of drug-likeness (QED) is 0.447. The lowest BCUT2D eigenvalue weighted by Gasteiger charge is -2.42. The first kappa shape index (κ1) is 22.7. The molecule has 0 radical (unpaired) electrons. The fourth-order valence-electron chi connectivity index (χ4n) is 4.87. The molecular formula is C26H28N2O5. The lowest BCUT2D eigenvalue weighted by molar-refractivity contribution is -0.384. The van der Waals surface area contributed by atoms with E-state index < -0.39 is 4.92 Å². The van der Waals surface area contributed by atoms with Crippen LogP contribution in [0.2, 0.25) is 0 Å². The fraction of sp³-hybridized carbons (Fsp3) is 0.385. The van der Waals surface area contributed by atoms with Crippen LogP contribution in [0.25, 0.3) is 0 Å². The Kier molecular flexibility index (Phi) is 5.82. The first-order valence-electron chi connectivity index (χ1n) is 11.2. The Bertz CT molecular complexity index is 1160. The van der Waals surface area contributed by atoms with E-state index in [0.717, 1.165) is 11.1 Å². The molecule has 0 saturated carbocycles. The lowest BCUT2D eigenvalue weighted by Crippen LogP contribution is -2.44. The van der Waals surface area contributed by atoms with Crippen LogP contribution in [-0.2, 0) is 9.59 Å². The molecule has 0 saturated heterocycles. The van der Waals surface area contributed by atoms with Crippen molar-refractivity contribution in [3.63, 3.8) is 0 Å². The van der Waals surface area contributed by atoms with Crippen LogP contribution in [-0.4, -0.2) is 23.2 Å². The monoisotopic (exact) mass is 448 g/mol. The predicted octanol–water partition coefficient (Wildman–Crippen LogP) is 5.47. The van der Waals surface area contributed by atoms with Gasteiger partial charge in [0, 0.05) is 30.0 Å². The standard InChI is InChI=1S/C26H28N2O5/c1-5-33-18-10-11-20(21(12-18)28(31)32)27-22-14-26(3,4)15-23(29)25(22)19(13-24(27)30)17-8-6-16(2)7-9-17/h6-12,19H,5,13-15H2,1-4H3. The number of Topliss-reactive ketones (excluding diaryl/α,β-unsaturated/α-hetero) is 1. The van der Waals surface area contributed by atoms with Crippen molar-refractivity contribution in [1.82, 2.24) is 0 Å². The zero-order valence-corrected chi connectivity index (χ0v) is 19.4. The highest BCUT2D eigenvalue weighted by molar-refractivity contribution is 6.08. The molecule has 2 aliphatic rings. The Balaban J connectivity index is 1.91. The number of aryl methyl sites for hydroxylation is 1. The third-order valence-corrected chi connectivity index (χ3v) is 6.32. The highest BCUT2D eigenvalue weighted by atomic mass is 16.6. The number of amides is 1. The number of anilines is 1. The summed E-state index contributed by atoms with van der Waals surface area (Å²) in [6.45, 7) is 8.13. The van der Waals surface area contributed by atoms with Gasteiger partial charge in [-0.05, 0) is 43.4 Å². The third-order valence-electron chi connectivity index (χ3n) is 6.32. The van der Waals surface area contributed by atoms with Crippen LogP contribution in [0.5, 0.6) is 5.75 Å². The van der Waals surface area contributed by atoms with E-state index >= 15 is 0 Å². The normalized spacial score (nSPS) is 20.0. The first-order chi connectivity index (χ1) is 15.6. The molecule has 4 rings (SSSR count). The maximum absolute atomic E-state index is 13.5. The number of benzene rings is 2. The number of carbonyl (C=O) groups is 2. The molecule has 1 aliphatic heterocycles. The van der Waals surface area contributed by atoms with Gasteiger partial charge in [0.1, 0.15) is 11.4 Å².